The number of hydrogen-bond donors (Lipinski definition) is 1. The summed E-state index contributed by atoms with van der Waals surface area (Å²) in [6, 6.07) is 10.5. The number of rotatable bonds is 3. The summed E-state index contributed by atoms with van der Waals surface area (Å²) in [5.41, 5.74) is 1.29. The lowest BCUT2D eigenvalue weighted by Crippen LogP contribution is -2.63. The molecule has 4 heteroatoms. The molecule has 2 aliphatic heterocycles. The maximum Gasteiger partial charge on any atom is 0.228 e. The molecular weight excluding hydrogens is 238 g/mol. The summed E-state index contributed by atoms with van der Waals surface area (Å²) in [6.45, 7) is 3.77. The van der Waals surface area contributed by atoms with Crippen LogP contribution in [0.3, 0.4) is 0 Å². The highest BCUT2D eigenvalue weighted by Crippen LogP contribution is 2.36. The summed E-state index contributed by atoms with van der Waals surface area (Å²) < 4.78 is 0. The molecule has 2 heterocycles. The van der Waals surface area contributed by atoms with Gasteiger partial charge in [-0.15, -0.1) is 0 Å². The van der Waals surface area contributed by atoms with Crippen LogP contribution >= 0.6 is 0 Å². The van der Waals surface area contributed by atoms with Crippen molar-refractivity contribution in [1.82, 2.24) is 15.3 Å². The highest BCUT2D eigenvalue weighted by atomic mass is 16.2. The van der Waals surface area contributed by atoms with E-state index in [4.69, 9.17) is 0 Å². The lowest BCUT2D eigenvalue weighted by molar-refractivity contribution is -0.148. The molecule has 2 fully saturated rings. The predicted octanol–water partition coefficient (Wildman–Crippen LogP) is 1.25. The molecule has 0 unspecified atom stereocenters. The van der Waals surface area contributed by atoms with Crippen LogP contribution in [0.5, 0.6) is 0 Å². The molecule has 0 aliphatic carbocycles. The van der Waals surface area contributed by atoms with Crippen LogP contribution < -0.4 is 5.32 Å². The molecule has 19 heavy (non-hydrogen) atoms. The Morgan fingerprint density at radius 1 is 1.26 bits per heavy atom. The standard InChI is InChI=1S/C15H21N3O/c1-17(11-13-5-3-2-4-6-13)18-9-7-15(8-10-18)12-16-14(15)19/h2-6H,7-12H2,1H3,(H,16,19). The van der Waals surface area contributed by atoms with Gasteiger partial charge in [-0.25, -0.2) is 10.0 Å². The van der Waals surface area contributed by atoms with E-state index in [2.05, 4.69) is 46.6 Å². The number of amides is 1. The van der Waals surface area contributed by atoms with Gasteiger partial charge in [-0.05, 0) is 18.4 Å². The van der Waals surface area contributed by atoms with Gasteiger partial charge in [-0.2, -0.15) is 0 Å². The van der Waals surface area contributed by atoms with Crippen molar-refractivity contribution in [3.05, 3.63) is 35.9 Å². The molecule has 1 aromatic carbocycles. The number of benzene rings is 1. The minimum Gasteiger partial charge on any atom is -0.354 e. The van der Waals surface area contributed by atoms with Gasteiger partial charge in [0.15, 0.2) is 0 Å². The van der Waals surface area contributed by atoms with Gasteiger partial charge in [0.2, 0.25) is 5.91 Å². The zero-order valence-electron chi connectivity index (χ0n) is 11.4. The molecule has 1 N–H and O–H groups in total. The van der Waals surface area contributed by atoms with Crippen LogP contribution in [-0.2, 0) is 11.3 Å². The first-order valence-corrected chi connectivity index (χ1v) is 6.98. The molecule has 2 aliphatic rings. The highest BCUT2D eigenvalue weighted by molar-refractivity contribution is 5.88. The average Bonchev–Trinajstić information content (AvgIpc) is 2.47. The first-order valence-electron chi connectivity index (χ1n) is 6.98. The lowest BCUT2D eigenvalue weighted by Gasteiger charge is -2.48. The molecule has 1 amide bonds. The number of hydrazine groups is 1. The Balaban J connectivity index is 1.55. The largest absolute Gasteiger partial charge is 0.354 e. The summed E-state index contributed by atoms with van der Waals surface area (Å²) in [4.78, 5) is 11.6. The first-order chi connectivity index (χ1) is 9.20. The number of carbonyl (C=O) groups is 1. The molecule has 1 aromatic rings. The Kier molecular flexibility index (Phi) is 3.29. The lowest BCUT2D eigenvalue weighted by atomic mass is 9.73. The van der Waals surface area contributed by atoms with Crippen LogP contribution in [0.1, 0.15) is 18.4 Å². The third-order valence-electron chi connectivity index (χ3n) is 4.50. The Hall–Kier alpha value is -1.39. The van der Waals surface area contributed by atoms with Crippen LogP contribution in [0.4, 0.5) is 0 Å². The van der Waals surface area contributed by atoms with E-state index in [0.717, 1.165) is 39.0 Å². The van der Waals surface area contributed by atoms with Crippen molar-refractivity contribution in [2.75, 3.05) is 26.7 Å². The van der Waals surface area contributed by atoms with Gasteiger partial charge in [0.25, 0.3) is 0 Å². The van der Waals surface area contributed by atoms with E-state index in [1.165, 1.54) is 5.56 Å². The fourth-order valence-electron chi connectivity index (χ4n) is 3.03. The van der Waals surface area contributed by atoms with E-state index in [9.17, 15) is 4.79 Å². The highest BCUT2D eigenvalue weighted by Gasteiger charge is 2.48. The Morgan fingerprint density at radius 2 is 1.95 bits per heavy atom. The molecule has 0 atom stereocenters. The topological polar surface area (TPSA) is 35.6 Å². The quantitative estimate of drug-likeness (QED) is 0.830. The van der Waals surface area contributed by atoms with Crippen molar-refractivity contribution in [3.8, 4) is 0 Å². The van der Waals surface area contributed by atoms with E-state index in [1.54, 1.807) is 0 Å². The maximum atomic E-state index is 11.6. The van der Waals surface area contributed by atoms with Crippen molar-refractivity contribution in [3.63, 3.8) is 0 Å². The fourth-order valence-corrected chi connectivity index (χ4v) is 3.03. The van der Waals surface area contributed by atoms with Gasteiger partial charge in [-0.3, -0.25) is 4.79 Å². The number of nitrogens with zero attached hydrogens (tertiary/aromatic N) is 2. The van der Waals surface area contributed by atoms with Crippen molar-refractivity contribution >= 4 is 5.91 Å². The van der Waals surface area contributed by atoms with E-state index >= 15 is 0 Å². The molecule has 102 valence electrons. The van der Waals surface area contributed by atoms with Crippen LogP contribution in [0.15, 0.2) is 30.3 Å². The van der Waals surface area contributed by atoms with Crippen molar-refractivity contribution in [1.29, 1.82) is 0 Å². The van der Waals surface area contributed by atoms with Crippen molar-refractivity contribution in [2.24, 2.45) is 5.41 Å². The minimum atomic E-state index is -0.0376. The van der Waals surface area contributed by atoms with Gasteiger partial charge in [0.1, 0.15) is 0 Å². The van der Waals surface area contributed by atoms with Crippen LogP contribution in [-0.4, -0.2) is 42.6 Å². The average molecular weight is 259 g/mol. The zero-order valence-corrected chi connectivity index (χ0v) is 11.4. The Bertz CT molecular complexity index is 452. The summed E-state index contributed by atoms with van der Waals surface area (Å²) in [6.07, 6.45) is 1.97. The van der Waals surface area contributed by atoms with Crippen LogP contribution in [0.25, 0.3) is 0 Å². The fraction of sp³-hybridized carbons (Fsp3) is 0.533. The van der Waals surface area contributed by atoms with Crippen LogP contribution in [0.2, 0.25) is 0 Å². The van der Waals surface area contributed by atoms with Crippen LogP contribution in [0, 0.1) is 5.41 Å². The molecular formula is C15H21N3O. The Labute approximate surface area is 114 Å². The van der Waals surface area contributed by atoms with Gasteiger partial charge < -0.3 is 5.32 Å². The summed E-state index contributed by atoms with van der Waals surface area (Å²) in [5, 5.41) is 7.52. The number of piperidine rings is 1. The second-order valence-electron chi connectivity index (χ2n) is 5.72. The summed E-state index contributed by atoms with van der Waals surface area (Å²) in [5.74, 6) is 0.262. The van der Waals surface area contributed by atoms with Gasteiger partial charge in [0.05, 0.1) is 5.41 Å². The molecule has 1 spiro atoms. The molecule has 0 radical (unpaired) electrons. The molecule has 4 nitrogen and oxygen atoms in total. The van der Waals surface area contributed by atoms with Crippen molar-refractivity contribution in [2.45, 2.75) is 19.4 Å². The van der Waals surface area contributed by atoms with E-state index < -0.39 is 0 Å². The molecule has 0 saturated carbocycles. The minimum absolute atomic E-state index is 0.0376. The monoisotopic (exact) mass is 259 g/mol. The number of carbonyl (C=O) groups excluding carboxylic acids is 1. The van der Waals surface area contributed by atoms with Gasteiger partial charge >= 0.3 is 0 Å². The predicted molar refractivity (Wildman–Crippen MR) is 74.2 cm³/mol. The molecule has 2 saturated heterocycles. The number of nitrogens with one attached hydrogen (secondary N) is 1. The SMILES string of the molecule is CN(Cc1ccccc1)N1CCC2(CC1)CNC2=O. The van der Waals surface area contributed by atoms with Crippen molar-refractivity contribution < 1.29 is 4.79 Å². The zero-order chi connectivity index (χ0) is 13.3. The van der Waals surface area contributed by atoms with Gasteiger partial charge in [0, 0.05) is 33.2 Å². The van der Waals surface area contributed by atoms with E-state index in [1.807, 2.05) is 6.07 Å². The third-order valence-corrected chi connectivity index (χ3v) is 4.50. The second-order valence-corrected chi connectivity index (χ2v) is 5.72. The smallest absolute Gasteiger partial charge is 0.228 e. The first kappa shape index (κ1) is 12.6. The number of β-lactam (4-membered cyclic amide) rings is 1. The molecule has 0 bridgehead atoms. The van der Waals surface area contributed by atoms with E-state index in [0.29, 0.717) is 0 Å². The second kappa shape index (κ2) is 4.94. The summed E-state index contributed by atoms with van der Waals surface area (Å²) in [7, 11) is 2.13. The third kappa shape index (κ3) is 2.38. The normalized spacial score (nSPS) is 22.3. The van der Waals surface area contributed by atoms with Gasteiger partial charge in [-0.1, -0.05) is 30.3 Å². The Morgan fingerprint density at radius 3 is 2.47 bits per heavy atom. The number of hydrogen-bond acceptors (Lipinski definition) is 3. The molecule has 3 rings (SSSR count). The molecule has 0 aromatic heterocycles. The maximum absolute atomic E-state index is 11.6. The summed E-state index contributed by atoms with van der Waals surface area (Å²) >= 11 is 0. The van der Waals surface area contributed by atoms with E-state index in [-0.39, 0.29) is 11.3 Å².